The number of nitrogens with two attached hydrogens (primary N) is 1. The van der Waals surface area contributed by atoms with Gasteiger partial charge in [-0.15, -0.1) is 0 Å². The molecule has 0 aliphatic heterocycles. The van der Waals surface area contributed by atoms with Crippen molar-refractivity contribution in [1.82, 2.24) is 10.3 Å². The van der Waals surface area contributed by atoms with E-state index in [0.717, 1.165) is 18.4 Å². The lowest BCUT2D eigenvalue weighted by Gasteiger charge is -2.30. The van der Waals surface area contributed by atoms with Crippen LogP contribution >= 0.6 is 0 Å². The van der Waals surface area contributed by atoms with Crippen molar-refractivity contribution in [3.05, 3.63) is 48.2 Å². The number of nitrogens with zero attached hydrogens (tertiary/aromatic N) is 2. The number of anilines is 1. The van der Waals surface area contributed by atoms with Crippen LogP contribution in [0.25, 0.3) is 0 Å². The first-order chi connectivity index (χ1) is 15.0. The number of hydrazone groups is 1. The third-order valence-corrected chi connectivity index (χ3v) is 5.37. The molecule has 1 saturated carbocycles. The van der Waals surface area contributed by atoms with Crippen LogP contribution in [0.4, 0.5) is 5.69 Å². The van der Waals surface area contributed by atoms with Gasteiger partial charge in [0.2, 0.25) is 17.7 Å². The lowest BCUT2D eigenvalue weighted by molar-refractivity contribution is -0.140. The molecule has 2 amide bonds. The summed E-state index contributed by atoms with van der Waals surface area (Å²) in [6, 6.07) is 7.01. The minimum absolute atomic E-state index is 0.0221. The Kier molecular flexibility index (Phi) is 7.36. The molecule has 0 bridgehead atoms. The topological polar surface area (TPSA) is 160 Å². The Labute approximate surface area is 178 Å². The molecule has 1 heterocycles. The number of carboxylic acid groups (broad SMARTS) is 1. The van der Waals surface area contributed by atoms with Crippen molar-refractivity contribution in [1.29, 1.82) is 0 Å². The number of benzene rings is 1. The summed E-state index contributed by atoms with van der Waals surface area (Å²) >= 11 is 0. The van der Waals surface area contributed by atoms with Crippen LogP contribution in [0, 0.1) is 11.8 Å². The van der Waals surface area contributed by atoms with Gasteiger partial charge in [0.15, 0.2) is 5.92 Å². The number of aliphatic carboxylic acids is 1. The van der Waals surface area contributed by atoms with Gasteiger partial charge in [-0.3, -0.25) is 14.4 Å². The van der Waals surface area contributed by atoms with E-state index in [0.29, 0.717) is 18.5 Å². The highest BCUT2D eigenvalue weighted by molar-refractivity contribution is 5.96. The van der Waals surface area contributed by atoms with E-state index in [1.54, 1.807) is 24.3 Å². The maximum atomic E-state index is 12.9. The second kappa shape index (κ2) is 10.4. The van der Waals surface area contributed by atoms with Crippen LogP contribution in [-0.4, -0.2) is 40.6 Å². The molecule has 0 saturated heterocycles. The molecule has 1 aliphatic rings. The predicted molar refractivity (Wildman–Crippen MR) is 112 cm³/mol. The molecule has 5 N–H and O–H groups in total. The molecule has 3 atom stereocenters. The molecule has 3 rings (SSSR count). The number of rotatable bonds is 8. The van der Waals surface area contributed by atoms with Crippen molar-refractivity contribution in [2.45, 2.75) is 31.6 Å². The van der Waals surface area contributed by atoms with Crippen molar-refractivity contribution in [3.8, 4) is 0 Å². The average molecular weight is 427 g/mol. The zero-order chi connectivity index (χ0) is 22.2. The number of carbonyl (C=O) groups excluding carboxylic acids is 2. The molecular weight excluding hydrogens is 402 g/mol. The van der Waals surface area contributed by atoms with Gasteiger partial charge in [0, 0.05) is 24.1 Å². The maximum absolute atomic E-state index is 12.9. The van der Waals surface area contributed by atoms with Crippen LogP contribution in [0.1, 0.15) is 43.1 Å². The van der Waals surface area contributed by atoms with Crippen LogP contribution in [0.2, 0.25) is 0 Å². The van der Waals surface area contributed by atoms with E-state index in [9.17, 15) is 19.5 Å². The van der Waals surface area contributed by atoms with Crippen molar-refractivity contribution in [2.75, 3.05) is 11.9 Å². The van der Waals surface area contributed by atoms with Crippen LogP contribution in [-0.2, 0) is 14.4 Å². The zero-order valence-electron chi connectivity index (χ0n) is 16.9. The predicted octanol–water partition coefficient (Wildman–Crippen LogP) is 1.70. The maximum Gasteiger partial charge on any atom is 0.317 e. The van der Waals surface area contributed by atoms with E-state index in [1.165, 1.54) is 18.7 Å². The molecule has 10 heteroatoms. The van der Waals surface area contributed by atoms with Crippen LogP contribution < -0.4 is 16.5 Å². The molecule has 1 fully saturated rings. The van der Waals surface area contributed by atoms with Crippen LogP contribution in [0.3, 0.4) is 0 Å². The summed E-state index contributed by atoms with van der Waals surface area (Å²) in [6.45, 7) is -0.163. The highest BCUT2D eigenvalue weighted by Crippen LogP contribution is 2.31. The van der Waals surface area contributed by atoms with Crippen molar-refractivity contribution >= 4 is 29.7 Å². The summed E-state index contributed by atoms with van der Waals surface area (Å²) in [7, 11) is 0. The molecule has 2 aromatic rings. The lowest BCUT2D eigenvalue weighted by atomic mass is 9.78. The van der Waals surface area contributed by atoms with Crippen molar-refractivity contribution < 1.29 is 23.9 Å². The second-order valence-electron chi connectivity index (χ2n) is 7.39. The summed E-state index contributed by atoms with van der Waals surface area (Å²) in [5.74, 6) is 1.31. The summed E-state index contributed by atoms with van der Waals surface area (Å²) in [6.07, 6.45) is 6.96. The fraction of sp³-hybridized carbons (Fsp3) is 0.381. The second-order valence-corrected chi connectivity index (χ2v) is 7.39. The summed E-state index contributed by atoms with van der Waals surface area (Å²) in [5, 5.41) is 18.4. The average Bonchev–Trinajstić information content (AvgIpc) is 3.29. The first kappa shape index (κ1) is 22.0. The highest BCUT2D eigenvalue weighted by atomic mass is 16.4. The minimum atomic E-state index is -1.15. The van der Waals surface area contributed by atoms with Crippen molar-refractivity contribution in [3.63, 3.8) is 0 Å². The third-order valence-electron chi connectivity index (χ3n) is 5.37. The molecule has 1 aliphatic carbocycles. The quantitative estimate of drug-likeness (QED) is 0.283. The number of carboxylic acids is 1. The molecule has 164 valence electrons. The Bertz CT molecular complexity index is 926. The van der Waals surface area contributed by atoms with Gasteiger partial charge in [0.25, 0.3) is 0 Å². The number of aromatic nitrogens is 1. The van der Waals surface area contributed by atoms with E-state index in [2.05, 4.69) is 20.7 Å². The highest BCUT2D eigenvalue weighted by Gasteiger charge is 2.36. The standard InChI is InChI=1S/C21H25N5O5/c22-25-11-13-5-7-14(8-6-13)26-19(28)16-4-2-1-3-15(16)18(27)24-12-17(21(29)30)20-23-9-10-31-20/h5-11,15-17H,1-4,12,22H2,(H,24,27)(H,26,28)(H,29,30). The third kappa shape index (κ3) is 5.68. The number of hydrogen-bond donors (Lipinski definition) is 4. The van der Waals surface area contributed by atoms with Gasteiger partial charge in [-0.1, -0.05) is 25.0 Å². The Morgan fingerprint density at radius 1 is 1.19 bits per heavy atom. The molecule has 0 spiro atoms. The molecule has 3 unspecified atom stereocenters. The number of nitrogens with one attached hydrogen (secondary N) is 2. The smallest absolute Gasteiger partial charge is 0.317 e. The Balaban J connectivity index is 1.62. The SMILES string of the molecule is NN=Cc1ccc(NC(=O)C2CCCCC2C(=O)NCC(C(=O)O)c2ncco2)cc1. The first-order valence-electron chi connectivity index (χ1n) is 10.0. The van der Waals surface area contributed by atoms with E-state index >= 15 is 0 Å². The molecule has 10 nitrogen and oxygen atoms in total. The summed E-state index contributed by atoms with van der Waals surface area (Å²) < 4.78 is 5.06. The van der Waals surface area contributed by atoms with E-state index in [4.69, 9.17) is 10.3 Å². The zero-order valence-corrected chi connectivity index (χ0v) is 16.9. The molecule has 0 radical (unpaired) electrons. The molecule has 1 aromatic carbocycles. The number of hydrogen-bond acceptors (Lipinski definition) is 7. The lowest BCUT2D eigenvalue weighted by Crippen LogP contribution is -2.43. The van der Waals surface area contributed by atoms with Crippen molar-refractivity contribution in [2.24, 2.45) is 22.8 Å². The fourth-order valence-electron chi connectivity index (χ4n) is 3.75. The normalized spacial score (nSPS) is 19.6. The monoisotopic (exact) mass is 427 g/mol. The molecule has 1 aromatic heterocycles. The largest absolute Gasteiger partial charge is 0.481 e. The van der Waals surface area contributed by atoms with E-state index in [-0.39, 0.29) is 24.2 Å². The Morgan fingerprint density at radius 2 is 1.87 bits per heavy atom. The van der Waals surface area contributed by atoms with Gasteiger partial charge in [0.05, 0.1) is 12.4 Å². The fourth-order valence-corrected chi connectivity index (χ4v) is 3.75. The summed E-state index contributed by atoms with van der Waals surface area (Å²) in [5.41, 5.74) is 1.41. The van der Waals surface area contributed by atoms with E-state index < -0.39 is 23.7 Å². The van der Waals surface area contributed by atoms with E-state index in [1.807, 2.05) is 0 Å². The first-order valence-corrected chi connectivity index (χ1v) is 10.0. The molecule has 31 heavy (non-hydrogen) atoms. The van der Waals surface area contributed by atoms with Gasteiger partial charge in [0.1, 0.15) is 6.26 Å². The van der Waals surface area contributed by atoms with Crippen LogP contribution in [0.15, 0.2) is 46.2 Å². The number of carbonyl (C=O) groups is 3. The number of oxazole rings is 1. The number of amides is 2. The Morgan fingerprint density at radius 3 is 2.45 bits per heavy atom. The van der Waals surface area contributed by atoms with Gasteiger partial charge in [-0.25, -0.2) is 4.98 Å². The van der Waals surface area contributed by atoms with Crippen LogP contribution in [0.5, 0.6) is 0 Å². The minimum Gasteiger partial charge on any atom is -0.481 e. The van der Waals surface area contributed by atoms with Gasteiger partial charge in [-0.05, 0) is 30.5 Å². The molecular formula is C21H25N5O5. The van der Waals surface area contributed by atoms with Gasteiger partial charge in [-0.2, -0.15) is 5.10 Å². The Hall–Kier alpha value is -3.69. The summed E-state index contributed by atoms with van der Waals surface area (Å²) in [4.78, 5) is 41.0. The van der Waals surface area contributed by atoms with Gasteiger partial charge >= 0.3 is 5.97 Å². The van der Waals surface area contributed by atoms with Gasteiger partial charge < -0.3 is 26.0 Å².